The molecule has 0 atom stereocenters. The lowest BCUT2D eigenvalue weighted by molar-refractivity contribution is 0.950. The van der Waals surface area contributed by atoms with Gasteiger partial charge in [0.2, 0.25) is 0 Å². The van der Waals surface area contributed by atoms with Crippen LogP contribution >= 0.6 is 22.6 Å². The summed E-state index contributed by atoms with van der Waals surface area (Å²) in [6, 6.07) is 8.27. The van der Waals surface area contributed by atoms with Crippen LogP contribution in [0.15, 0.2) is 30.5 Å². The Balaban J connectivity index is 2.34. The van der Waals surface area contributed by atoms with E-state index in [9.17, 15) is 0 Å². The molecule has 0 aliphatic rings. The van der Waals surface area contributed by atoms with Gasteiger partial charge in [-0.25, -0.2) is 4.98 Å². The van der Waals surface area contributed by atoms with E-state index in [2.05, 4.69) is 56.8 Å². The van der Waals surface area contributed by atoms with Gasteiger partial charge in [-0.1, -0.05) is 12.1 Å². The number of nitrogens with zero attached hydrogens (tertiary/aromatic N) is 1. The van der Waals surface area contributed by atoms with Gasteiger partial charge in [-0.15, -0.1) is 0 Å². The number of imidazole rings is 1. The van der Waals surface area contributed by atoms with Crippen LogP contribution in [0.4, 0.5) is 0 Å². The lowest BCUT2D eigenvalue weighted by Crippen LogP contribution is -1.97. The molecular formula is C10H10IN3. The summed E-state index contributed by atoms with van der Waals surface area (Å²) in [5, 5.41) is 0. The molecule has 0 aliphatic heterocycles. The number of nitrogens with two attached hydrogens (primary N) is 1. The van der Waals surface area contributed by atoms with E-state index >= 15 is 0 Å². The topological polar surface area (TPSA) is 54.7 Å². The number of benzene rings is 1. The molecule has 2 aromatic rings. The van der Waals surface area contributed by atoms with Crippen LogP contribution < -0.4 is 5.73 Å². The molecule has 1 aromatic heterocycles. The normalized spacial score (nSPS) is 10.4. The minimum Gasteiger partial charge on any atom is -0.341 e. The van der Waals surface area contributed by atoms with Gasteiger partial charge in [-0.3, -0.25) is 0 Å². The fraction of sp³-hybridized carbons (Fsp3) is 0.100. The van der Waals surface area contributed by atoms with Crippen LogP contribution in [-0.2, 0) is 6.54 Å². The smallest absolute Gasteiger partial charge is 0.120 e. The first kappa shape index (κ1) is 9.67. The number of hydrogen-bond donors (Lipinski definition) is 2. The number of H-pyrrole nitrogens is 1. The first-order chi connectivity index (χ1) is 6.79. The van der Waals surface area contributed by atoms with E-state index in [1.165, 1.54) is 3.57 Å². The molecule has 0 unspecified atom stereocenters. The van der Waals surface area contributed by atoms with Crippen LogP contribution in [0.1, 0.15) is 5.82 Å². The van der Waals surface area contributed by atoms with Crippen molar-refractivity contribution >= 4 is 22.6 Å². The van der Waals surface area contributed by atoms with Gasteiger partial charge in [0.1, 0.15) is 5.82 Å². The fourth-order valence-electron chi connectivity index (χ4n) is 1.24. The number of aromatic amines is 1. The van der Waals surface area contributed by atoms with Crippen molar-refractivity contribution < 1.29 is 0 Å². The first-order valence-corrected chi connectivity index (χ1v) is 5.37. The highest BCUT2D eigenvalue weighted by Crippen LogP contribution is 2.18. The van der Waals surface area contributed by atoms with E-state index in [-0.39, 0.29) is 0 Å². The minimum absolute atomic E-state index is 0.449. The van der Waals surface area contributed by atoms with Gasteiger partial charge in [-0.2, -0.15) is 0 Å². The second kappa shape index (κ2) is 4.10. The van der Waals surface area contributed by atoms with Crippen molar-refractivity contribution in [2.24, 2.45) is 5.73 Å². The third kappa shape index (κ3) is 1.96. The second-order valence-corrected chi connectivity index (χ2v) is 4.20. The lowest BCUT2D eigenvalue weighted by atomic mass is 10.2. The molecule has 0 aliphatic carbocycles. The number of hydrogen-bond acceptors (Lipinski definition) is 2. The number of nitrogens with one attached hydrogen (secondary N) is 1. The van der Waals surface area contributed by atoms with Crippen LogP contribution in [0, 0.1) is 3.57 Å². The quantitative estimate of drug-likeness (QED) is 0.835. The zero-order valence-electron chi connectivity index (χ0n) is 7.50. The van der Waals surface area contributed by atoms with Crippen molar-refractivity contribution in [2.45, 2.75) is 6.54 Å². The van der Waals surface area contributed by atoms with Crippen LogP contribution in [-0.4, -0.2) is 9.97 Å². The zero-order valence-corrected chi connectivity index (χ0v) is 9.65. The molecule has 0 spiro atoms. The number of halogens is 1. The molecule has 1 heterocycles. The van der Waals surface area contributed by atoms with E-state index in [0.29, 0.717) is 6.54 Å². The van der Waals surface area contributed by atoms with Crippen LogP contribution in [0.3, 0.4) is 0 Å². The van der Waals surface area contributed by atoms with E-state index in [4.69, 9.17) is 5.73 Å². The third-order valence-electron chi connectivity index (χ3n) is 1.98. The maximum absolute atomic E-state index is 5.47. The van der Waals surface area contributed by atoms with Crippen molar-refractivity contribution in [3.63, 3.8) is 0 Å². The molecule has 14 heavy (non-hydrogen) atoms. The lowest BCUT2D eigenvalue weighted by Gasteiger charge is -1.96. The van der Waals surface area contributed by atoms with E-state index in [0.717, 1.165) is 17.1 Å². The van der Waals surface area contributed by atoms with E-state index in [1.54, 1.807) is 0 Å². The molecule has 72 valence electrons. The summed E-state index contributed by atoms with van der Waals surface area (Å²) in [4.78, 5) is 7.31. The highest BCUT2D eigenvalue weighted by atomic mass is 127. The molecule has 0 radical (unpaired) electrons. The Bertz CT molecular complexity index is 419. The van der Waals surface area contributed by atoms with Crippen LogP contribution in [0.5, 0.6) is 0 Å². The monoisotopic (exact) mass is 299 g/mol. The van der Waals surface area contributed by atoms with Crippen LogP contribution in [0.2, 0.25) is 0 Å². The predicted molar refractivity (Wildman–Crippen MR) is 64.6 cm³/mol. The standard InChI is InChI=1S/C10H10IN3/c11-8-3-1-7(2-4-8)9-6-13-10(5-12)14-9/h1-4,6H,5,12H2,(H,13,14). The van der Waals surface area contributed by atoms with E-state index in [1.807, 2.05) is 6.20 Å². The van der Waals surface area contributed by atoms with Gasteiger partial charge in [0.15, 0.2) is 0 Å². The molecule has 3 nitrogen and oxygen atoms in total. The maximum atomic E-state index is 5.47. The van der Waals surface area contributed by atoms with Crippen molar-refractivity contribution in [2.75, 3.05) is 0 Å². The van der Waals surface area contributed by atoms with Gasteiger partial charge in [0.25, 0.3) is 0 Å². The third-order valence-corrected chi connectivity index (χ3v) is 2.70. The number of rotatable bonds is 2. The van der Waals surface area contributed by atoms with Crippen molar-refractivity contribution in [3.8, 4) is 11.3 Å². The highest BCUT2D eigenvalue weighted by Gasteiger charge is 2.01. The summed E-state index contributed by atoms with van der Waals surface area (Å²) in [5.41, 5.74) is 7.62. The summed E-state index contributed by atoms with van der Waals surface area (Å²) in [6.45, 7) is 0.449. The van der Waals surface area contributed by atoms with Gasteiger partial charge in [0.05, 0.1) is 18.4 Å². The molecule has 1 aromatic carbocycles. The zero-order chi connectivity index (χ0) is 9.97. The Labute approximate surface area is 95.9 Å². The average Bonchev–Trinajstić information content (AvgIpc) is 2.67. The Hall–Kier alpha value is -0.880. The molecule has 0 saturated carbocycles. The highest BCUT2D eigenvalue weighted by molar-refractivity contribution is 14.1. The fourth-order valence-corrected chi connectivity index (χ4v) is 1.60. The van der Waals surface area contributed by atoms with Crippen molar-refractivity contribution in [3.05, 3.63) is 39.9 Å². The van der Waals surface area contributed by atoms with Crippen molar-refractivity contribution in [1.29, 1.82) is 0 Å². The summed E-state index contributed by atoms with van der Waals surface area (Å²) in [6.07, 6.45) is 1.81. The molecule has 0 bridgehead atoms. The molecule has 3 N–H and O–H groups in total. The van der Waals surface area contributed by atoms with Crippen LogP contribution in [0.25, 0.3) is 11.3 Å². The predicted octanol–water partition coefficient (Wildman–Crippen LogP) is 2.14. The summed E-state index contributed by atoms with van der Waals surface area (Å²) < 4.78 is 1.23. The first-order valence-electron chi connectivity index (χ1n) is 4.29. The van der Waals surface area contributed by atoms with Gasteiger partial charge in [0, 0.05) is 3.57 Å². The molecular weight excluding hydrogens is 289 g/mol. The van der Waals surface area contributed by atoms with Gasteiger partial charge in [-0.05, 0) is 40.3 Å². The molecule has 2 rings (SSSR count). The summed E-state index contributed by atoms with van der Waals surface area (Å²) in [5.74, 6) is 0.818. The van der Waals surface area contributed by atoms with Crippen molar-refractivity contribution in [1.82, 2.24) is 9.97 Å². The Morgan fingerprint density at radius 1 is 1.29 bits per heavy atom. The molecule has 0 saturated heterocycles. The Kier molecular flexibility index (Phi) is 2.83. The Morgan fingerprint density at radius 2 is 2.00 bits per heavy atom. The average molecular weight is 299 g/mol. The Morgan fingerprint density at radius 3 is 2.57 bits per heavy atom. The molecule has 0 amide bonds. The van der Waals surface area contributed by atoms with Gasteiger partial charge >= 0.3 is 0 Å². The largest absolute Gasteiger partial charge is 0.341 e. The maximum Gasteiger partial charge on any atom is 0.120 e. The second-order valence-electron chi connectivity index (χ2n) is 2.95. The van der Waals surface area contributed by atoms with Gasteiger partial charge < -0.3 is 10.7 Å². The SMILES string of the molecule is NCc1ncc(-c2ccc(I)cc2)[nH]1. The molecule has 0 fully saturated rings. The summed E-state index contributed by atoms with van der Waals surface area (Å²) in [7, 11) is 0. The van der Waals surface area contributed by atoms with E-state index < -0.39 is 0 Å². The molecule has 4 heteroatoms. The minimum atomic E-state index is 0.449. The summed E-state index contributed by atoms with van der Waals surface area (Å²) >= 11 is 2.28. The number of aromatic nitrogens is 2.